The SMILES string of the molecule is Cc1cccccc(-c2ccc(-c3cccc4c3oc3cccc(-c5nc(-c6ccccc6)nc(-c6ccccc6)n5)c34)cc2)ccc1. The van der Waals surface area contributed by atoms with Gasteiger partial charge in [0.05, 0.1) is 0 Å². The number of para-hydroxylation sites is 1. The molecule has 0 saturated heterocycles. The maximum Gasteiger partial charge on any atom is 0.164 e. The van der Waals surface area contributed by atoms with Crippen molar-refractivity contribution in [2.24, 2.45) is 0 Å². The molecule has 228 valence electrons. The summed E-state index contributed by atoms with van der Waals surface area (Å²) in [6, 6.07) is 58.0. The number of fused-ring (bicyclic) bond motifs is 3. The normalized spacial score (nSPS) is 11.0. The Balaban J connectivity index is 1.25. The van der Waals surface area contributed by atoms with Crippen molar-refractivity contribution in [1.82, 2.24) is 15.0 Å². The molecule has 2 heterocycles. The van der Waals surface area contributed by atoms with E-state index in [1.54, 1.807) is 0 Å². The van der Waals surface area contributed by atoms with E-state index in [1.807, 2.05) is 72.8 Å². The largest absolute Gasteiger partial charge is 0.455 e. The summed E-state index contributed by atoms with van der Waals surface area (Å²) in [4.78, 5) is 14.9. The van der Waals surface area contributed by atoms with Crippen LogP contribution in [0.5, 0.6) is 0 Å². The lowest BCUT2D eigenvalue weighted by Crippen LogP contribution is -2.00. The summed E-state index contributed by atoms with van der Waals surface area (Å²) < 4.78 is 6.63. The number of benzene rings is 5. The molecule has 0 aliphatic heterocycles. The van der Waals surface area contributed by atoms with Gasteiger partial charge in [-0.25, -0.2) is 15.0 Å². The van der Waals surface area contributed by atoms with Gasteiger partial charge in [-0.2, -0.15) is 0 Å². The first-order valence-electron chi connectivity index (χ1n) is 16.0. The van der Waals surface area contributed by atoms with E-state index in [1.165, 1.54) is 5.56 Å². The Labute approximate surface area is 279 Å². The quantitative estimate of drug-likeness (QED) is 0.193. The number of aromatic nitrogens is 3. The highest BCUT2D eigenvalue weighted by Gasteiger charge is 2.19. The van der Waals surface area contributed by atoms with Gasteiger partial charge in [0.1, 0.15) is 11.2 Å². The monoisotopic (exact) mass is 617 g/mol. The minimum absolute atomic E-state index is 0.604. The van der Waals surface area contributed by atoms with E-state index in [4.69, 9.17) is 19.4 Å². The summed E-state index contributed by atoms with van der Waals surface area (Å²) in [5.74, 6) is 1.86. The molecule has 0 aliphatic rings. The zero-order valence-electron chi connectivity index (χ0n) is 26.4. The molecule has 0 saturated carbocycles. The first-order chi connectivity index (χ1) is 23.7. The molecule has 6 aromatic carbocycles. The zero-order valence-corrected chi connectivity index (χ0v) is 26.4. The molecule has 0 amide bonds. The molecule has 0 unspecified atom stereocenters. The number of furan rings is 1. The minimum Gasteiger partial charge on any atom is -0.455 e. The molecule has 0 N–H and O–H groups in total. The first kappa shape index (κ1) is 29.0. The Morgan fingerprint density at radius 3 is 1.54 bits per heavy atom. The highest BCUT2D eigenvalue weighted by atomic mass is 16.3. The first-order valence-corrected chi connectivity index (χ1v) is 16.0. The van der Waals surface area contributed by atoms with Gasteiger partial charge in [-0.1, -0.05) is 169 Å². The van der Waals surface area contributed by atoms with Gasteiger partial charge in [0.25, 0.3) is 0 Å². The molecule has 0 radical (unpaired) electrons. The van der Waals surface area contributed by atoms with Crippen LogP contribution in [0.1, 0.15) is 5.56 Å². The highest BCUT2D eigenvalue weighted by molar-refractivity contribution is 6.15. The number of nitrogens with zero attached hydrogens (tertiary/aromatic N) is 3. The zero-order chi connectivity index (χ0) is 32.3. The molecule has 0 bridgehead atoms. The molecule has 0 fully saturated rings. The number of hydrogen-bond donors (Lipinski definition) is 0. The van der Waals surface area contributed by atoms with E-state index in [0.29, 0.717) is 17.5 Å². The van der Waals surface area contributed by atoms with Crippen LogP contribution >= 0.6 is 0 Å². The maximum absolute atomic E-state index is 6.63. The predicted octanol–water partition coefficient (Wildman–Crippen LogP) is 11.5. The maximum atomic E-state index is 6.63. The Morgan fingerprint density at radius 1 is 0.375 bits per heavy atom. The summed E-state index contributed by atoms with van der Waals surface area (Å²) >= 11 is 0. The summed E-state index contributed by atoms with van der Waals surface area (Å²) in [5.41, 5.74) is 10.0. The third-order valence-electron chi connectivity index (χ3n) is 8.48. The predicted molar refractivity (Wildman–Crippen MR) is 197 cm³/mol. The Morgan fingerprint density at radius 2 is 0.854 bits per heavy atom. The van der Waals surface area contributed by atoms with Crippen LogP contribution < -0.4 is 0 Å². The van der Waals surface area contributed by atoms with Crippen molar-refractivity contribution in [2.75, 3.05) is 0 Å². The molecule has 4 heteroatoms. The van der Waals surface area contributed by atoms with Gasteiger partial charge in [-0.05, 0) is 29.7 Å². The van der Waals surface area contributed by atoms with Crippen molar-refractivity contribution in [2.45, 2.75) is 6.92 Å². The molecular weight excluding hydrogens is 587 g/mol. The fraction of sp³-hybridized carbons (Fsp3) is 0.0227. The molecule has 0 atom stereocenters. The summed E-state index contributed by atoms with van der Waals surface area (Å²) in [6.07, 6.45) is 0. The van der Waals surface area contributed by atoms with Crippen molar-refractivity contribution >= 4 is 21.9 Å². The van der Waals surface area contributed by atoms with Gasteiger partial charge in [0, 0.05) is 33.0 Å². The average molecular weight is 618 g/mol. The van der Waals surface area contributed by atoms with Crippen LogP contribution in [0.3, 0.4) is 0 Å². The Kier molecular flexibility index (Phi) is 7.73. The van der Waals surface area contributed by atoms with Crippen molar-refractivity contribution in [1.29, 1.82) is 0 Å². The van der Waals surface area contributed by atoms with Gasteiger partial charge in [-0.3, -0.25) is 0 Å². The van der Waals surface area contributed by atoms with Gasteiger partial charge < -0.3 is 4.42 Å². The van der Waals surface area contributed by atoms with Crippen molar-refractivity contribution in [3.8, 4) is 56.4 Å². The van der Waals surface area contributed by atoms with Crippen LogP contribution in [-0.2, 0) is 0 Å². The fourth-order valence-electron chi connectivity index (χ4n) is 6.07. The number of hydrogen-bond acceptors (Lipinski definition) is 4. The lowest BCUT2D eigenvalue weighted by atomic mass is 9.98. The lowest BCUT2D eigenvalue weighted by Gasteiger charge is -2.09. The molecule has 8 aromatic rings. The van der Waals surface area contributed by atoms with E-state index in [0.717, 1.165) is 60.9 Å². The second-order valence-electron chi connectivity index (χ2n) is 11.7. The Bertz CT molecular complexity index is 2390. The van der Waals surface area contributed by atoms with Gasteiger partial charge in [0.15, 0.2) is 17.5 Å². The lowest BCUT2D eigenvalue weighted by molar-refractivity contribution is 0.670. The van der Waals surface area contributed by atoms with Crippen LogP contribution in [0.2, 0.25) is 0 Å². The van der Waals surface area contributed by atoms with E-state index in [-0.39, 0.29) is 0 Å². The minimum atomic E-state index is 0.604. The molecule has 0 aliphatic carbocycles. The number of aryl methyl sites for hydroxylation is 1. The van der Waals surface area contributed by atoms with Crippen molar-refractivity contribution < 1.29 is 4.42 Å². The summed E-state index contributed by atoms with van der Waals surface area (Å²) in [7, 11) is 0. The van der Waals surface area contributed by atoms with Crippen LogP contribution in [0.25, 0.3) is 78.4 Å². The molecule has 4 nitrogen and oxygen atoms in total. The average Bonchev–Trinajstić information content (AvgIpc) is 3.54. The van der Waals surface area contributed by atoms with E-state index >= 15 is 0 Å². The summed E-state index contributed by atoms with van der Waals surface area (Å²) in [5, 5.41) is 2.00. The third kappa shape index (κ3) is 5.72. The second kappa shape index (κ2) is 12.8. The van der Waals surface area contributed by atoms with E-state index in [9.17, 15) is 0 Å². The van der Waals surface area contributed by atoms with Crippen molar-refractivity contribution in [3.63, 3.8) is 0 Å². The summed E-state index contributed by atoms with van der Waals surface area (Å²) in [6.45, 7) is 2.10. The van der Waals surface area contributed by atoms with Crippen LogP contribution in [0, 0.1) is 6.92 Å². The molecule has 48 heavy (non-hydrogen) atoms. The smallest absolute Gasteiger partial charge is 0.164 e. The van der Waals surface area contributed by atoms with Crippen LogP contribution in [-0.4, -0.2) is 15.0 Å². The van der Waals surface area contributed by atoms with Gasteiger partial charge in [0.2, 0.25) is 0 Å². The van der Waals surface area contributed by atoms with Crippen LogP contribution in [0.4, 0.5) is 0 Å². The standard InChI is InChI=1S/C44H31N3O/c1-30-14-5-2-6-16-31(21-11-15-30)32-26-28-33(29-27-32)36-22-12-23-37-40-38(24-13-25-39(40)48-41(36)37)44-46-42(34-17-7-3-8-18-34)45-43(47-44)35-19-9-4-10-20-35/h2-29H,1H3. The molecular formula is C44H31N3O. The van der Waals surface area contributed by atoms with Gasteiger partial charge >= 0.3 is 0 Å². The highest BCUT2D eigenvalue weighted by Crippen LogP contribution is 2.40. The van der Waals surface area contributed by atoms with Crippen LogP contribution in [0.15, 0.2) is 174 Å². The second-order valence-corrected chi connectivity index (χ2v) is 11.7. The van der Waals surface area contributed by atoms with E-state index < -0.39 is 0 Å². The Hall–Kier alpha value is -6.39. The third-order valence-corrected chi connectivity index (χ3v) is 8.48. The fourth-order valence-corrected chi connectivity index (χ4v) is 6.07. The molecule has 8 rings (SSSR count). The molecule has 2 aromatic heterocycles. The van der Waals surface area contributed by atoms with Crippen molar-refractivity contribution in [3.05, 3.63) is 175 Å². The van der Waals surface area contributed by atoms with E-state index in [2.05, 4.69) is 104 Å². The molecule has 0 spiro atoms. The number of rotatable bonds is 5. The topological polar surface area (TPSA) is 51.8 Å². The van der Waals surface area contributed by atoms with Gasteiger partial charge in [-0.15, -0.1) is 0 Å².